The van der Waals surface area contributed by atoms with Crippen molar-refractivity contribution >= 4 is 22.8 Å². The molecular formula is C22H20N2O6. The van der Waals surface area contributed by atoms with Crippen LogP contribution in [0.1, 0.15) is 20.9 Å². The first-order valence-electron chi connectivity index (χ1n) is 9.07. The first-order chi connectivity index (χ1) is 14.6. The SMILES string of the molecule is COCCOc1ccc2oc(C(=O)NC(O)C#CNC(=O)c3ccccc3)cc2c1. The largest absolute Gasteiger partial charge is 0.491 e. The van der Waals surface area contributed by atoms with Crippen molar-refractivity contribution in [1.29, 1.82) is 0 Å². The smallest absolute Gasteiger partial charge is 0.289 e. The van der Waals surface area contributed by atoms with Gasteiger partial charge in [0.2, 0.25) is 0 Å². The van der Waals surface area contributed by atoms with Crippen LogP contribution in [0.4, 0.5) is 0 Å². The molecule has 3 aromatic rings. The molecule has 0 bridgehead atoms. The van der Waals surface area contributed by atoms with Crippen LogP contribution < -0.4 is 15.4 Å². The Hall–Kier alpha value is -3.80. The Bertz CT molecular complexity index is 1080. The van der Waals surface area contributed by atoms with E-state index >= 15 is 0 Å². The zero-order valence-electron chi connectivity index (χ0n) is 16.2. The summed E-state index contributed by atoms with van der Waals surface area (Å²) < 4.78 is 15.9. The molecule has 0 fully saturated rings. The fourth-order valence-corrected chi connectivity index (χ4v) is 2.52. The predicted octanol–water partition coefficient (Wildman–Crippen LogP) is 1.90. The molecule has 1 aromatic heterocycles. The lowest BCUT2D eigenvalue weighted by Gasteiger charge is -2.04. The summed E-state index contributed by atoms with van der Waals surface area (Å²) in [5.41, 5.74) is 0.924. The van der Waals surface area contributed by atoms with Gasteiger partial charge < -0.3 is 24.3 Å². The molecule has 0 saturated carbocycles. The topological polar surface area (TPSA) is 110 Å². The van der Waals surface area contributed by atoms with Crippen LogP contribution in [0.3, 0.4) is 0 Å². The van der Waals surface area contributed by atoms with Crippen molar-refractivity contribution in [2.45, 2.75) is 6.23 Å². The molecule has 8 heteroatoms. The maximum Gasteiger partial charge on any atom is 0.289 e. The van der Waals surface area contributed by atoms with Crippen molar-refractivity contribution in [2.75, 3.05) is 20.3 Å². The van der Waals surface area contributed by atoms with E-state index < -0.39 is 18.0 Å². The van der Waals surface area contributed by atoms with Crippen molar-refractivity contribution in [3.8, 4) is 17.7 Å². The number of fused-ring (bicyclic) bond motifs is 1. The Balaban J connectivity index is 1.57. The Labute approximate surface area is 172 Å². The highest BCUT2D eigenvalue weighted by molar-refractivity contribution is 5.97. The lowest BCUT2D eigenvalue weighted by atomic mass is 10.2. The molecule has 2 amide bonds. The third kappa shape index (κ3) is 5.61. The summed E-state index contributed by atoms with van der Waals surface area (Å²) in [5, 5.41) is 15.2. The van der Waals surface area contributed by atoms with E-state index in [0.29, 0.717) is 35.5 Å². The summed E-state index contributed by atoms with van der Waals surface area (Å²) >= 11 is 0. The maximum absolute atomic E-state index is 12.3. The third-order valence-electron chi connectivity index (χ3n) is 3.96. The fraction of sp³-hybridized carbons (Fsp3) is 0.182. The van der Waals surface area contributed by atoms with E-state index in [4.69, 9.17) is 13.9 Å². The fourth-order valence-electron chi connectivity index (χ4n) is 2.52. The summed E-state index contributed by atoms with van der Waals surface area (Å²) in [6.45, 7) is 0.862. The highest BCUT2D eigenvalue weighted by Crippen LogP contribution is 2.24. The van der Waals surface area contributed by atoms with Crippen LogP contribution in [0.25, 0.3) is 11.0 Å². The summed E-state index contributed by atoms with van der Waals surface area (Å²) in [7, 11) is 1.59. The lowest BCUT2D eigenvalue weighted by molar-refractivity contribution is 0.0837. The minimum atomic E-state index is -1.49. The van der Waals surface area contributed by atoms with E-state index in [1.807, 2.05) is 0 Å². The zero-order chi connectivity index (χ0) is 21.3. The molecule has 3 rings (SSSR count). The van der Waals surface area contributed by atoms with Gasteiger partial charge in [-0.3, -0.25) is 14.9 Å². The lowest BCUT2D eigenvalue weighted by Crippen LogP contribution is -2.33. The first kappa shape index (κ1) is 20.9. The van der Waals surface area contributed by atoms with Crippen LogP contribution in [-0.2, 0) is 4.74 Å². The number of aliphatic hydroxyl groups is 1. The van der Waals surface area contributed by atoms with Gasteiger partial charge in [-0.1, -0.05) is 18.2 Å². The standard InChI is InChI=1S/C22H20N2O6/c1-28-11-12-29-17-7-8-18-16(13-17)14-19(30-18)22(27)24-20(25)9-10-23-21(26)15-5-3-2-4-6-15/h2-8,13-14,20,25H,11-12H2,1H3,(H,23,26)(H,24,27). The molecule has 3 N–H and O–H groups in total. The van der Waals surface area contributed by atoms with Gasteiger partial charge in [0.05, 0.1) is 6.61 Å². The second-order valence-electron chi connectivity index (χ2n) is 6.12. The normalized spacial score (nSPS) is 11.3. The second-order valence-corrected chi connectivity index (χ2v) is 6.12. The second kappa shape index (κ2) is 10.1. The number of carbonyl (C=O) groups is 2. The number of hydrogen-bond acceptors (Lipinski definition) is 6. The molecular weight excluding hydrogens is 388 g/mol. The Morgan fingerprint density at radius 1 is 1.10 bits per heavy atom. The highest BCUT2D eigenvalue weighted by atomic mass is 16.5. The molecule has 1 unspecified atom stereocenters. The first-order valence-corrected chi connectivity index (χ1v) is 9.07. The number of furan rings is 1. The number of ether oxygens (including phenoxy) is 2. The van der Waals surface area contributed by atoms with Crippen molar-refractivity contribution in [2.24, 2.45) is 0 Å². The number of nitrogens with one attached hydrogen (secondary N) is 2. The number of carbonyl (C=O) groups excluding carboxylic acids is 2. The van der Waals surface area contributed by atoms with Crippen LogP contribution in [0.15, 0.2) is 59.0 Å². The Morgan fingerprint density at radius 2 is 1.90 bits per heavy atom. The van der Waals surface area contributed by atoms with Gasteiger partial charge in [0.25, 0.3) is 11.8 Å². The van der Waals surface area contributed by atoms with Gasteiger partial charge in [0, 0.05) is 24.1 Å². The van der Waals surface area contributed by atoms with Gasteiger partial charge in [0.1, 0.15) is 17.9 Å². The summed E-state index contributed by atoms with van der Waals surface area (Å²) in [5.74, 6) is 1.89. The monoisotopic (exact) mass is 408 g/mol. The molecule has 0 aliphatic heterocycles. The van der Waals surface area contributed by atoms with Gasteiger partial charge in [-0.25, -0.2) is 0 Å². The number of hydrogen-bond donors (Lipinski definition) is 3. The van der Waals surface area contributed by atoms with Gasteiger partial charge in [-0.15, -0.1) is 0 Å². The Morgan fingerprint density at radius 3 is 2.67 bits per heavy atom. The van der Waals surface area contributed by atoms with Crippen LogP contribution in [0, 0.1) is 12.0 Å². The van der Waals surface area contributed by atoms with Crippen LogP contribution >= 0.6 is 0 Å². The van der Waals surface area contributed by atoms with E-state index in [2.05, 4.69) is 22.6 Å². The Kier molecular flexibility index (Phi) is 7.05. The molecule has 1 atom stereocenters. The molecule has 154 valence electrons. The molecule has 0 aliphatic carbocycles. The van der Waals surface area contributed by atoms with Crippen LogP contribution in [-0.4, -0.2) is 43.5 Å². The van der Waals surface area contributed by atoms with Gasteiger partial charge in [-0.05, 0) is 42.3 Å². The third-order valence-corrected chi connectivity index (χ3v) is 3.96. The van der Waals surface area contributed by atoms with E-state index in [1.165, 1.54) is 6.07 Å². The zero-order valence-corrected chi connectivity index (χ0v) is 16.2. The van der Waals surface area contributed by atoms with E-state index in [-0.39, 0.29) is 5.76 Å². The number of aliphatic hydroxyl groups excluding tert-OH is 1. The molecule has 0 spiro atoms. The van der Waals surface area contributed by atoms with Crippen molar-refractivity contribution < 1.29 is 28.6 Å². The minimum Gasteiger partial charge on any atom is -0.491 e. The molecule has 30 heavy (non-hydrogen) atoms. The molecule has 0 aliphatic rings. The van der Waals surface area contributed by atoms with E-state index in [0.717, 1.165) is 0 Å². The average molecular weight is 408 g/mol. The molecule has 2 aromatic carbocycles. The van der Waals surface area contributed by atoms with Crippen molar-refractivity contribution in [3.05, 3.63) is 65.9 Å². The van der Waals surface area contributed by atoms with E-state index in [9.17, 15) is 14.7 Å². The van der Waals surface area contributed by atoms with Crippen molar-refractivity contribution in [1.82, 2.24) is 10.6 Å². The van der Waals surface area contributed by atoms with E-state index in [1.54, 1.807) is 55.6 Å². The molecule has 8 nitrogen and oxygen atoms in total. The van der Waals surface area contributed by atoms with Crippen molar-refractivity contribution in [3.63, 3.8) is 0 Å². The number of methoxy groups -OCH3 is 1. The van der Waals surface area contributed by atoms with Gasteiger partial charge in [0.15, 0.2) is 12.0 Å². The van der Waals surface area contributed by atoms with Crippen LogP contribution in [0.2, 0.25) is 0 Å². The highest BCUT2D eigenvalue weighted by Gasteiger charge is 2.15. The van der Waals surface area contributed by atoms with Gasteiger partial charge >= 0.3 is 0 Å². The summed E-state index contributed by atoms with van der Waals surface area (Å²) in [4.78, 5) is 24.1. The van der Waals surface area contributed by atoms with Gasteiger partial charge in [-0.2, -0.15) is 0 Å². The maximum atomic E-state index is 12.3. The summed E-state index contributed by atoms with van der Waals surface area (Å²) in [6.07, 6.45) is -1.49. The molecule has 1 heterocycles. The van der Waals surface area contributed by atoms with Crippen LogP contribution in [0.5, 0.6) is 5.75 Å². The number of amides is 2. The minimum absolute atomic E-state index is 0.00760. The summed E-state index contributed by atoms with van der Waals surface area (Å²) in [6, 6.07) is 17.5. The average Bonchev–Trinajstić information content (AvgIpc) is 3.18. The molecule has 0 radical (unpaired) electrons. The number of rotatable bonds is 7. The number of benzene rings is 2. The molecule has 0 saturated heterocycles. The predicted molar refractivity (Wildman–Crippen MR) is 109 cm³/mol. The quantitative estimate of drug-likeness (QED) is 0.238.